The molecule has 1 unspecified atom stereocenters. The lowest BCUT2D eigenvalue weighted by Crippen LogP contribution is -2.34. The zero-order valence-electron chi connectivity index (χ0n) is 19.4. The summed E-state index contributed by atoms with van der Waals surface area (Å²) in [5.41, 5.74) is 11.0. The molecule has 1 aliphatic carbocycles. The zero-order chi connectivity index (χ0) is 23.3. The minimum absolute atomic E-state index is 0.0583. The van der Waals surface area contributed by atoms with Gasteiger partial charge in [0.2, 0.25) is 11.5 Å². The Balaban J connectivity index is 1.29. The summed E-state index contributed by atoms with van der Waals surface area (Å²) in [4.78, 5) is 8.59. The summed E-state index contributed by atoms with van der Waals surface area (Å²) in [7, 11) is 1.63. The molecule has 1 saturated carbocycles. The number of anilines is 1. The number of fused-ring (bicyclic) bond motifs is 1. The molecule has 5 rings (SSSR count). The van der Waals surface area contributed by atoms with Crippen molar-refractivity contribution in [3.63, 3.8) is 0 Å². The molecule has 0 saturated heterocycles. The van der Waals surface area contributed by atoms with Crippen LogP contribution in [0.25, 0.3) is 11.2 Å². The number of aromatic amines is 1. The molecule has 0 spiro atoms. The maximum absolute atomic E-state index is 6.12. The van der Waals surface area contributed by atoms with E-state index in [-0.39, 0.29) is 5.92 Å². The Bertz CT molecular complexity index is 1220. The minimum Gasteiger partial charge on any atom is -0.481 e. The molecule has 0 bridgehead atoms. The molecule has 8 heteroatoms. The molecule has 1 aromatic carbocycles. The fraction of sp³-hybridized carbons (Fsp3) is 0.385. The van der Waals surface area contributed by atoms with Crippen LogP contribution < -0.4 is 15.8 Å². The fourth-order valence-corrected chi connectivity index (χ4v) is 5.19. The lowest BCUT2D eigenvalue weighted by molar-refractivity contribution is 0.340. The summed E-state index contributed by atoms with van der Waals surface area (Å²) in [6.45, 7) is 0.886. The van der Waals surface area contributed by atoms with Crippen LogP contribution >= 0.6 is 0 Å². The van der Waals surface area contributed by atoms with Crippen molar-refractivity contribution >= 4 is 17.0 Å². The van der Waals surface area contributed by atoms with Gasteiger partial charge in [0.15, 0.2) is 0 Å². The second-order valence-corrected chi connectivity index (χ2v) is 9.02. The molecular formula is C26H31N7O. The quantitative estimate of drug-likeness (QED) is 0.364. The SMILES string of the molecule is COc1cc(C(CCNC2CCC(c3ccccc3)CC2)c2cc(N)nc3n[nH]nc23)ccn1. The first-order chi connectivity index (χ1) is 16.7. The Morgan fingerprint density at radius 3 is 2.71 bits per heavy atom. The van der Waals surface area contributed by atoms with E-state index in [4.69, 9.17) is 10.5 Å². The maximum atomic E-state index is 6.12. The van der Waals surface area contributed by atoms with E-state index < -0.39 is 0 Å². The van der Waals surface area contributed by atoms with E-state index in [2.05, 4.69) is 61.0 Å². The monoisotopic (exact) mass is 457 g/mol. The van der Waals surface area contributed by atoms with Crippen molar-refractivity contribution in [3.8, 4) is 5.88 Å². The number of hydrogen-bond acceptors (Lipinski definition) is 7. The highest BCUT2D eigenvalue weighted by molar-refractivity contribution is 5.77. The lowest BCUT2D eigenvalue weighted by Gasteiger charge is -2.30. The summed E-state index contributed by atoms with van der Waals surface area (Å²) in [6.07, 6.45) is 7.52. The average molecular weight is 458 g/mol. The van der Waals surface area contributed by atoms with Gasteiger partial charge < -0.3 is 15.8 Å². The molecule has 0 radical (unpaired) electrons. The number of nitrogens with two attached hydrogens (primary N) is 1. The third kappa shape index (κ3) is 4.87. The number of aromatic nitrogens is 5. The first-order valence-electron chi connectivity index (χ1n) is 12.0. The smallest absolute Gasteiger partial charge is 0.213 e. The molecule has 1 fully saturated rings. The summed E-state index contributed by atoms with van der Waals surface area (Å²) < 4.78 is 5.39. The van der Waals surface area contributed by atoms with Gasteiger partial charge in [0.05, 0.1) is 7.11 Å². The van der Waals surface area contributed by atoms with Crippen molar-refractivity contribution in [1.29, 1.82) is 0 Å². The van der Waals surface area contributed by atoms with Crippen LogP contribution in [0.5, 0.6) is 5.88 Å². The van der Waals surface area contributed by atoms with Crippen LogP contribution in [-0.4, -0.2) is 45.1 Å². The standard InChI is InChI=1S/C26H31N7O/c1-34-24-15-19(11-13-29-24)21(22-16-23(27)30-26-25(22)31-33-32-26)12-14-28-20-9-7-18(8-10-20)17-5-3-2-4-6-17/h2-6,11,13,15-16,18,20-21,28H,7-10,12,14H2,1H3,(H3,27,30,31,32,33). The van der Waals surface area contributed by atoms with Crippen molar-refractivity contribution in [3.05, 3.63) is 71.4 Å². The molecule has 34 heavy (non-hydrogen) atoms. The van der Waals surface area contributed by atoms with E-state index in [0.29, 0.717) is 29.3 Å². The van der Waals surface area contributed by atoms with Gasteiger partial charge in [-0.15, -0.1) is 5.10 Å². The van der Waals surface area contributed by atoms with Crippen LogP contribution in [0.3, 0.4) is 0 Å². The van der Waals surface area contributed by atoms with Crippen molar-refractivity contribution < 1.29 is 4.74 Å². The average Bonchev–Trinajstić information content (AvgIpc) is 3.36. The third-order valence-electron chi connectivity index (χ3n) is 6.95. The Labute approximate surface area is 199 Å². The number of H-pyrrole nitrogens is 1. The number of nitrogens with zero attached hydrogens (tertiary/aromatic N) is 4. The number of methoxy groups -OCH3 is 1. The van der Waals surface area contributed by atoms with Crippen molar-refractivity contribution in [1.82, 2.24) is 30.7 Å². The molecule has 8 nitrogen and oxygen atoms in total. The van der Waals surface area contributed by atoms with Crippen LogP contribution in [0.15, 0.2) is 54.7 Å². The highest BCUT2D eigenvalue weighted by atomic mass is 16.5. The van der Waals surface area contributed by atoms with Gasteiger partial charge in [-0.2, -0.15) is 10.3 Å². The highest BCUT2D eigenvalue weighted by Crippen LogP contribution is 2.35. The number of nitrogens with one attached hydrogen (secondary N) is 2. The molecule has 3 heterocycles. The van der Waals surface area contributed by atoms with Gasteiger partial charge in [-0.25, -0.2) is 9.97 Å². The van der Waals surface area contributed by atoms with E-state index >= 15 is 0 Å². The van der Waals surface area contributed by atoms with Crippen LogP contribution in [0.4, 0.5) is 5.82 Å². The van der Waals surface area contributed by atoms with Gasteiger partial charge in [0.1, 0.15) is 11.3 Å². The largest absolute Gasteiger partial charge is 0.481 e. The van der Waals surface area contributed by atoms with E-state index in [0.717, 1.165) is 29.6 Å². The fourth-order valence-electron chi connectivity index (χ4n) is 5.19. The maximum Gasteiger partial charge on any atom is 0.213 e. The van der Waals surface area contributed by atoms with Crippen molar-refractivity contribution in [2.45, 2.75) is 50.0 Å². The third-order valence-corrected chi connectivity index (χ3v) is 6.95. The van der Waals surface area contributed by atoms with Gasteiger partial charge in [-0.3, -0.25) is 0 Å². The van der Waals surface area contributed by atoms with Gasteiger partial charge in [-0.05, 0) is 73.4 Å². The number of rotatable bonds is 8. The number of hydrogen-bond donors (Lipinski definition) is 3. The van der Waals surface area contributed by atoms with Crippen molar-refractivity contribution in [2.24, 2.45) is 0 Å². The van der Waals surface area contributed by atoms with Gasteiger partial charge in [0.25, 0.3) is 0 Å². The number of benzene rings is 1. The number of nitrogen functional groups attached to an aromatic ring is 1. The summed E-state index contributed by atoms with van der Waals surface area (Å²) in [6, 6.07) is 17.4. The van der Waals surface area contributed by atoms with Crippen molar-refractivity contribution in [2.75, 3.05) is 19.4 Å². The zero-order valence-corrected chi connectivity index (χ0v) is 19.4. The van der Waals surface area contributed by atoms with Gasteiger partial charge in [-0.1, -0.05) is 30.3 Å². The molecule has 1 aliphatic rings. The van der Waals surface area contributed by atoms with Crippen LogP contribution in [-0.2, 0) is 0 Å². The minimum atomic E-state index is 0.0583. The van der Waals surface area contributed by atoms with E-state index in [9.17, 15) is 0 Å². The molecular weight excluding hydrogens is 426 g/mol. The van der Waals surface area contributed by atoms with E-state index in [1.165, 1.54) is 31.2 Å². The predicted molar refractivity (Wildman–Crippen MR) is 133 cm³/mol. The Morgan fingerprint density at radius 2 is 1.91 bits per heavy atom. The molecule has 0 amide bonds. The Morgan fingerprint density at radius 1 is 1.09 bits per heavy atom. The highest BCUT2D eigenvalue weighted by Gasteiger charge is 2.24. The number of ether oxygens (including phenoxy) is 1. The second kappa shape index (κ2) is 10.2. The van der Waals surface area contributed by atoms with Gasteiger partial charge >= 0.3 is 0 Å². The first-order valence-corrected chi connectivity index (χ1v) is 12.0. The summed E-state index contributed by atoms with van der Waals surface area (Å²) in [5.74, 6) is 1.77. The number of pyridine rings is 2. The molecule has 0 aliphatic heterocycles. The summed E-state index contributed by atoms with van der Waals surface area (Å²) in [5, 5.41) is 15.0. The molecule has 3 aromatic heterocycles. The topological polar surface area (TPSA) is 115 Å². The van der Waals surface area contributed by atoms with E-state index in [1.54, 1.807) is 13.3 Å². The van der Waals surface area contributed by atoms with Crippen LogP contribution in [0.2, 0.25) is 0 Å². The molecule has 176 valence electrons. The Hall–Kier alpha value is -3.52. The molecule has 4 aromatic rings. The van der Waals surface area contributed by atoms with Crippen LogP contribution in [0, 0.1) is 0 Å². The lowest BCUT2D eigenvalue weighted by atomic mass is 9.81. The normalized spacial score (nSPS) is 19.2. The first kappa shape index (κ1) is 22.3. The Kier molecular flexibility index (Phi) is 6.67. The molecule has 1 atom stereocenters. The summed E-state index contributed by atoms with van der Waals surface area (Å²) >= 11 is 0. The van der Waals surface area contributed by atoms with E-state index in [1.807, 2.05) is 18.2 Å². The van der Waals surface area contributed by atoms with Gasteiger partial charge in [0, 0.05) is 24.2 Å². The predicted octanol–water partition coefficient (Wildman–Crippen LogP) is 4.18. The van der Waals surface area contributed by atoms with Crippen LogP contribution in [0.1, 0.15) is 60.6 Å². The molecule has 4 N–H and O–H groups in total. The second-order valence-electron chi connectivity index (χ2n) is 9.02.